The average Bonchev–Trinajstić information content (AvgIpc) is 2.50. The monoisotopic (exact) mass is 356 g/mol. The number of rotatable bonds is 5. The molecule has 0 amide bonds. The third kappa shape index (κ3) is 3.16. The van der Waals surface area contributed by atoms with Gasteiger partial charge in [0.05, 0.1) is 4.90 Å². The molecule has 0 aliphatic heterocycles. The molecule has 1 unspecified atom stereocenters. The molecule has 23 heavy (non-hydrogen) atoms. The van der Waals surface area contributed by atoms with Crippen molar-refractivity contribution in [2.45, 2.75) is 23.0 Å². The topological polar surface area (TPSA) is 34.1 Å². The zero-order chi connectivity index (χ0) is 17.3. The Bertz CT molecular complexity index is 832. The number of sulfone groups is 1. The first-order valence-electron chi connectivity index (χ1n) is 6.79. The van der Waals surface area contributed by atoms with Crippen LogP contribution in [0.5, 0.6) is 0 Å². The van der Waals surface area contributed by atoms with E-state index >= 15 is 0 Å². The van der Waals surface area contributed by atoms with Crippen molar-refractivity contribution < 1.29 is 17.2 Å². The van der Waals surface area contributed by atoms with Crippen molar-refractivity contribution in [1.29, 1.82) is 0 Å². The Morgan fingerprint density at radius 1 is 1.17 bits per heavy atom. The lowest BCUT2D eigenvalue weighted by molar-refractivity contribution is 0.510. The quantitative estimate of drug-likeness (QED) is 0.715. The van der Waals surface area contributed by atoms with E-state index in [4.69, 9.17) is 11.6 Å². The first-order chi connectivity index (χ1) is 10.7. The van der Waals surface area contributed by atoms with Gasteiger partial charge < -0.3 is 0 Å². The Hall–Kier alpha value is -1.72. The lowest BCUT2D eigenvalue weighted by Crippen LogP contribution is -2.33. The third-order valence-corrected chi connectivity index (χ3v) is 6.47. The summed E-state index contributed by atoms with van der Waals surface area (Å²) < 4.78 is 52.2. The number of allylic oxidation sites excluding steroid dienone is 1. The van der Waals surface area contributed by atoms with Crippen LogP contribution in [0, 0.1) is 11.6 Å². The van der Waals surface area contributed by atoms with Gasteiger partial charge in [0.25, 0.3) is 0 Å². The molecule has 0 fully saturated rings. The van der Waals surface area contributed by atoms with Gasteiger partial charge in [-0.1, -0.05) is 17.7 Å². The van der Waals surface area contributed by atoms with E-state index in [0.717, 1.165) is 18.2 Å². The van der Waals surface area contributed by atoms with E-state index in [1.165, 1.54) is 37.3 Å². The van der Waals surface area contributed by atoms with Crippen LogP contribution in [0.1, 0.15) is 18.9 Å². The number of hydrogen-bond acceptors (Lipinski definition) is 2. The van der Waals surface area contributed by atoms with Crippen LogP contribution in [0.15, 0.2) is 60.0 Å². The van der Waals surface area contributed by atoms with Gasteiger partial charge in [0.15, 0.2) is 9.84 Å². The Kier molecular flexibility index (Phi) is 4.92. The Balaban J connectivity index is 2.71. The fourth-order valence-electron chi connectivity index (χ4n) is 2.42. The van der Waals surface area contributed by atoms with E-state index in [2.05, 4.69) is 6.58 Å². The normalized spacial score (nSPS) is 14.3. The molecule has 2 aromatic rings. The Morgan fingerprint density at radius 3 is 2.35 bits per heavy atom. The zero-order valence-electron chi connectivity index (χ0n) is 12.4. The van der Waals surface area contributed by atoms with Gasteiger partial charge in [0.1, 0.15) is 16.4 Å². The standard InChI is InChI=1S/C17H15ClF2O2S/c1-3-10-17(2,15-11-13(19)6-9-16(15)20)23(21,22)14-7-4-12(18)5-8-14/h3-9,11H,1,10H2,2H3. The maximum Gasteiger partial charge on any atom is 0.188 e. The smallest absolute Gasteiger partial charge is 0.188 e. The Labute approximate surface area is 139 Å². The van der Waals surface area contributed by atoms with Gasteiger partial charge in [0.2, 0.25) is 0 Å². The molecule has 0 N–H and O–H groups in total. The lowest BCUT2D eigenvalue weighted by Gasteiger charge is -2.29. The summed E-state index contributed by atoms with van der Waals surface area (Å²) in [4.78, 5) is -0.0186. The van der Waals surface area contributed by atoms with Crippen molar-refractivity contribution in [3.8, 4) is 0 Å². The maximum absolute atomic E-state index is 14.2. The molecule has 0 heterocycles. The van der Waals surface area contributed by atoms with Crippen LogP contribution in [0.25, 0.3) is 0 Å². The van der Waals surface area contributed by atoms with Crippen LogP contribution >= 0.6 is 11.6 Å². The molecule has 0 saturated carbocycles. The summed E-state index contributed by atoms with van der Waals surface area (Å²) in [5.74, 6) is -1.49. The second kappa shape index (κ2) is 6.42. The summed E-state index contributed by atoms with van der Waals surface area (Å²) in [5, 5.41) is 0.381. The maximum atomic E-state index is 14.2. The largest absolute Gasteiger partial charge is 0.223 e. The molecule has 2 nitrogen and oxygen atoms in total. The van der Waals surface area contributed by atoms with E-state index in [1.54, 1.807) is 0 Å². The predicted molar refractivity (Wildman–Crippen MR) is 87.2 cm³/mol. The first kappa shape index (κ1) is 17.6. The molecule has 2 rings (SSSR count). The summed E-state index contributed by atoms with van der Waals surface area (Å²) in [6, 6.07) is 8.33. The van der Waals surface area contributed by atoms with Gasteiger partial charge in [-0.3, -0.25) is 0 Å². The Morgan fingerprint density at radius 2 is 1.78 bits per heavy atom. The fourth-order valence-corrected chi connectivity index (χ4v) is 4.34. The molecule has 122 valence electrons. The summed E-state index contributed by atoms with van der Waals surface area (Å²) >= 11 is 5.78. The van der Waals surface area contributed by atoms with Gasteiger partial charge in [-0.05, 0) is 55.8 Å². The van der Waals surface area contributed by atoms with Gasteiger partial charge in [-0.25, -0.2) is 17.2 Å². The summed E-state index contributed by atoms with van der Waals surface area (Å²) in [7, 11) is -4.01. The van der Waals surface area contributed by atoms with Crippen molar-refractivity contribution >= 4 is 21.4 Å². The summed E-state index contributed by atoms with van der Waals surface area (Å²) in [6.45, 7) is 4.90. The average molecular weight is 357 g/mol. The predicted octanol–water partition coefficient (Wildman–Crippen LogP) is 4.88. The van der Waals surface area contributed by atoms with E-state index in [0.29, 0.717) is 5.02 Å². The molecule has 0 aliphatic carbocycles. The molecule has 0 radical (unpaired) electrons. The molecule has 0 aromatic heterocycles. The SMILES string of the molecule is C=CCC(C)(c1cc(F)ccc1F)S(=O)(=O)c1ccc(Cl)cc1. The van der Waals surface area contributed by atoms with Crippen molar-refractivity contribution in [3.63, 3.8) is 0 Å². The van der Waals surface area contributed by atoms with E-state index in [-0.39, 0.29) is 16.9 Å². The molecule has 1 atom stereocenters. The van der Waals surface area contributed by atoms with Crippen molar-refractivity contribution in [2.24, 2.45) is 0 Å². The van der Waals surface area contributed by atoms with Crippen LogP contribution < -0.4 is 0 Å². The first-order valence-corrected chi connectivity index (χ1v) is 8.65. The fraction of sp³-hybridized carbons (Fsp3) is 0.176. The van der Waals surface area contributed by atoms with Gasteiger partial charge in [-0.15, -0.1) is 6.58 Å². The highest BCUT2D eigenvalue weighted by molar-refractivity contribution is 7.92. The molecule has 0 bridgehead atoms. The molecule has 2 aromatic carbocycles. The molecule has 6 heteroatoms. The van der Waals surface area contributed by atoms with Crippen LogP contribution in [-0.4, -0.2) is 8.42 Å². The lowest BCUT2D eigenvalue weighted by atomic mass is 9.96. The van der Waals surface area contributed by atoms with E-state index < -0.39 is 26.2 Å². The van der Waals surface area contributed by atoms with Crippen LogP contribution in [0.2, 0.25) is 5.02 Å². The van der Waals surface area contributed by atoms with E-state index in [1.807, 2.05) is 0 Å². The van der Waals surface area contributed by atoms with E-state index in [9.17, 15) is 17.2 Å². The van der Waals surface area contributed by atoms with Crippen molar-refractivity contribution in [2.75, 3.05) is 0 Å². The number of hydrogen-bond donors (Lipinski definition) is 0. The summed E-state index contributed by atoms with van der Waals surface area (Å²) in [6.07, 6.45) is 1.30. The highest BCUT2D eigenvalue weighted by Crippen LogP contribution is 2.40. The highest BCUT2D eigenvalue weighted by Gasteiger charge is 2.43. The second-order valence-corrected chi connectivity index (χ2v) is 8.12. The molecular formula is C17H15ClF2O2S. The van der Waals surface area contributed by atoms with Crippen LogP contribution in [0.4, 0.5) is 8.78 Å². The minimum Gasteiger partial charge on any atom is -0.223 e. The van der Waals surface area contributed by atoms with Crippen molar-refractivity contribution in [1.82, 2.24) is 0 Å². The van der Waals surface area contributed by atoms with Crippen LogP contribution in [0.3, 0.4) is 0 Å². The zero-order valence-corrected chi connectivity index (χ0v) is 14.0. The van der Waals surface area contributed by atoms with Gasteiger partial charge in [0, 0.05) is 10.6 Å². The van der Waals surface area contributed by atoms with Crippen LogP contribution in [-0.2, 0) is 14.6 Å². The number of benzene rings is 2. The highest BCUT2D eigenvalue weighted by atomic mass is 35.5. The van der Waals surface area contributed by atoms with Gasteiger partial charge in [-0.2, -0.15) is 0 Å². The molecule has 0 aliphatic rings. The second-order valence-electron chi connectivity index (χ2n) is 5.31. The minimum absolute atomic E-state index is 0.0186. The third-order valence-electron chi connectivity index (χ3n) is 3.75. The van der Waals surface area contributed by atoms with Gasteiger partial charge >= 0.3 is 0 Å². The molecular weight excluding hydrogens is 342 g/mol. The molecule has 0 spiro atoms. The number of halogens is 3. The van der Waals surface area contributed by atoms with Crippen molar-refractivity contribution in [3.05, 3.63) is 77.3 Å². The minimum atomic E-state index is -4.01. The molecule has 0 saturated heterocycles. The summed E-state index contributed by atoms with van der Waals surface area (Å²) in [5.41, 5.74) is -0.229.